The van der Waals surface area contributed by atoms with E-state index in [0.29, 0.717) is 13.1 Å². The van der Waals surface area contributed by atoms with Crippen LogP contribution in [0.2, 0.25) is 0 Å². The van der Waals surface area contributed by atoms with Gasteiger partial charge in [-0.15, -0.1) is 0 Å². The molecule has 1 aromatic rings. The second-order valence-corrected chi connectivity index (χ2v) is 4.84. The van der Waals surface area contributed by atoms with Crippen LogP contribution in [0.15, 0.2) is 22.8 Å². The third-order valence-electron chi connectivity index (χ3n) is 3.24. The van der Waals surface area contributed by atoms with Gasteiger partial charge < -0.3 is 14.4 Å². The number of aliphatic carboxylic acids is 1. The van der Waals surface area contributed by atoms with E-state index in [-0.39, 0.29) is 24.9 Å². The molecule has 1 unspecified atom stereocenters. The summed E-state index contributed by atoms with van der Waals surface area (Å²) in [5, 5.41) is 8.81. The highest BCUT2D eigenvalue weighted by Gasteiger charge is 2.20. The normalized spacial score (nSPS) is 12.4. The van der Waals surface area contributed by atoms with Gasteiger partial charge in [0.25, 0.3) is 0 Å². The van der Waals surface area contributed by atoms with Crippen molar-refractivity contribution in [3.05, 3.63) is 24.2 Å². The van der Waals surface area contributed by atoms with E-state index < -0.39 is 5.97 Å². The number of rotatable bonds is 8. The number of likely N-dealkylation sites (N-methyl/N-ethyl adjacent to an activating group) is 2. The zero-order valence-corrected chi connectivity index (χ0v) is 12.2. The molecular weight excluding hydrogens is 260 g/mol. The summed E-state index contributed by atoms with van der Waals surface area (Å²) in [7, 11) is 1.71. The van der Waals surface area contributed by atoms with Crippen molar-refractivity contribution in [3.8, 4) is 0 Å². The van der Waals surface area contributed by atoms with Crippen LogP contribution >= 0.6 is 0 Å². The van der Waals surface area contributed by atoms with Gasteiger partial charge in [0.2, 0.25) is 5.91 Å². The molecule has 1 heterocycles. The highest BCUT2D eigenvalue weighted by molar-refractivity contribution is 5.78. The number of carbonyl (C=O) groups is 2. The van der Waals surface area contributed by atoms with Gasteiger partial charge in [0.15, 0.2) is 0 Å². The van der Waals surface area contributed by atoms with E-state index in [4.69, 9.17) is 9.52 Å². The summed E-state index contributed by atoms with van der Waals surface area (Å²) in [6.45, 7) is 4.99. The van der Waals surface area contributed by atoms with Gasteiger partial charge in [0, 0.05) is 13.1 Å². The number of amides is 1. The molecule has 1 rings (SSSR count). The zero-order valence-electron chi connectivity index (χ0n) is 12.2. The van der Waals surface area contributed by atoms with Crippen LogP contribution in [-0.4, -0.2) is 53.0 Å². The van der Waals surface area contributed by atoms with Crippen LogP contribution in [0.4, 0.5) is 0 Å². The molecule has 0 saturated heterocycles. The smallest absolute Gasteiger partial charge is 0.304 e. The largest absolute Gasteiger partial charge is 0.481 e. The number of carboxylic acid groups (broad SMARTS) is 1. The molecule has 0 aromatic carbocycles. The Hall–Kier alpha value is -1.82. The number of hydrogen-bond acceptors (Lipinski definition) is 4. The van der Waals surface area contributed by atoms with E-state index in [1.54, 1.807) is 24.3 Å². The lowest BCUT2D eigenvalue weighted by molar-refractivity contribution is -0.139. The molecule has 0 spiro atoms. The first-order valence-electron chi connectivity index (χ1n) is 6.66. The van der Waals surface area contributed by atoms with Crippen molar-refractivity contribution in [1.29, 1.82) is 0 Å². The van der Waals surface area contributed by atoms with Gasteiger partial charge in [0.1, 0.15) is 5.76 Å². The number of hydrogen-bond donors (Lipinski definition) is 1. The Kier molecular flexibility index (Phi) is 6.24. The van der Waals surface area contributed by atoms with E-state index in [0.717, 1.165) is 5.76 Å². The van der Waals surface area contributed by atoms with Crippen LogP contribution in [0.5, 0.6) is 0 Å². The van der Waals surface area contributed by atoms with Gasteiger partial charge >= 0.3 is 5.97 Å². The quantitative estimate of drug-likeness (QED) is 0.780. The molecular formula is C14H22N2O4. The monoisotopic (exact) mass is 282 g/mol. The molecule has 0 radical (unpaired) electrons. The lowest BCUT2D eigenvalue weighted by Gasteiger charge is -2.28. The van der Waals surface area contributed by atoms with E-state index in [9.17, 15) is 9.59 Å². The lowest BCUT2D eigenvalue weighted by Crippen LogP contribution is -2.42. The summed E-state index contributed by atoms with van der Waals surface area (Å²) in [5.74, 6) is -0.185. The highest BCUT2D eigenvalue weighted by Crippen LogP contribution is 2.07. The number of furan rings is 1. The van der Waals surface area contributed by atoms with Gasteiger partial charge in [-0.3, -0.25) is 14.5 Å². The standard InChI is InChI=1S/C14H22N2O4/c1-4-16(11(2)8-14(18)19)10-13(17)15(3)9-12-6-5-7-20-12/h5-7,11H,4,8-10H2,1-3H3,(H,18,19). The van der Waals surface area contributed by atoms with Crippen LogP contribution in [0.25, 0.3) is 0 Å². The minimum Gasteiger partial charge on any atom is -0.481 e. The lowest BCUT2D eigenvalue weighted by atomic mass is 10.2. The first-order chi connectivity index (χ1) is 9.43. The van der Waals surface area contributed by atoms with E-state index in [2.05, 4.69) is 0 Å². The Bertz CT molecular complexity index is 430. The molecule has 0 bridgehead atoms. The number of nitrogens with zero attached hydrogens (tertiary/aromatic N) is 2. The van der Waals surface area contributed by atoms with Crippen LogP contribution in [0.3, 0.4) is 0 Å². The third-order valence-corrected chi connectivity index (χ3v) is 3.24. The fraction of sp³-hybridized carbons (Fsp3) is 0.571. The Morgan fingerprint density at radius 3 is 2.65 bits per heavy atom. The topological polar surface area (TPSA) is 74.0 Å². The van der Waals surface area contributed by atoms with Crippen LogP contribution in [0, 0.1) is 0 Å². The zero-order chi connectivity index (χ0) is 15.1. The summed E-state index contributed by atoms with van der Waals surface area (Å²) in [4.78, 5) is 26.3. The van der Waals surface area contributed by atoms with Crippen LogP contribution in [-0.2, 0) is 16.1 Å². The van der Waals surface area contributed by atoms with E-state index in [1.165, 1.54) is 0 Å². The first kappa shape index (κ1) is 16.2. The molecule has 6 nitrogen and oxygen atoms in total. The fourth-order valence-corrected chi connectivity index (χ4v) is 1.98. The maximum absolute atomic E-state index is 12.1. The Labute approximate surface area is 119 Å². The van der Waals surface area contributed by atoms with Crippen molar-refractivity contribution in [3.63, 3.8) is 0 Å². The van der Waals surface area contributed by atoms with Gasteiger partial charge in [0.05, 0.1) is 25.8 Å². The van der Waals surface area contributed by atoms with Crippen molar-refractivity contribution in [2.75, 3.05) is 20.1 Å². The van der Waals surface area contributed by atoms with Crippen LogP contribution in [0.1, 0.15) is 26.0 Å². The summed E-state index contributed by atoms with van der Waals surface area (Å²) < 4.78 is 5.20. The Morgan fingerprint density at radius 2 is 2.15 bits per heavy atom. The summed E-state index contributed by atoms with van der Waals surface area (Å²) in [6.07, 6.45) is 1.60. The maximum atomic E-state index is 12.1. The fourth-order valence-electron chi connectivity index (χ4n) is 1.98. The molecule has 0 fully saturated rings. The first-order valence-corrected chi connectivity index (χ1v) is 6.66. The van der Waals surface area contributed by atoms with Gasteiger partial charge in [-0.05, 0) is 25.6 Å². The minimum absolute atomic E-state index is 0.0308. The predicted octanol–water partition coefficient (Wildman–Crippen LogP) is 1.42. The minimum atomic E-state index is -0.854. The Balaban J connectivity index is 2.51. The molecule has 0 saturated carbocycles. The van der Waals surface area contributed by atoms with Gasteiger partial charge in [-0.25, -0.2) is 0 Å². The van der Waals surface area contributed by atoms with Crippen molar-refractivity contribution in [2.45, 2.75) is 32.9 Å². The highest BCUT2D eigenvalue weighted by atomic mass is 16.4. The number of carboxylic acids is 1. The average Bonchev–Trinajstić information content (AvgIpc) is 2.87. The second kappa shape index (κ2) is 7.69. The van der Waals surface area contributed by atoms with E-state index >= 15 is 0 Å². The van der Waals surface area contributed by atoms with Crippen molar-refractivity contribution in [2.24, 2.45) is 0 Å². The molecule has 112 valence electrons. The van der Waals surface area contributed by atoms with Crippen molar-refractivity contribution >= 4 is 11.9 Å². The van der Waals surface area contributed by atoms with Gasteiger partial charge in [-0.2, -0.15) is 0 Å². The summed E-state index contributed by atoms with van der Waals surface area (Å²) in [5.41, 5.74) is 0. The molecule has 0 aliphatic rings. The SMILES string of the molecule is CCN(CC(=O)N(C)Cc1ccco1)C(C)CC(=O)O. The third kappa shape index (κ3) is 5.05. The summed E-state index contributed by atoms with van der Waals surface area (Å²) >= 11 is 0. The molecule has 0 aliphatic heterocycles. The Morgan fingerprint density at radius 1 is 1.45 bits per heavy atom. The van der Waals surface area contributed by atoms with E-state index in [1.807, 2.05) is 24.8 Å². The molecule has 20 heavy (non-hydrogen) atoms. The van der Waals surface area contributed by atoms with Crippen LogP contribution < -0.4 is 0 Å². The molecule has 0 aliphatic carbocycles. The molecule has 1 aromatic heterocycles. The molecule has 1 atom stereocenters. The van der Waals surface area contributed by atoms with Crippen molar-refractivity contribution in [1.82, 2.24) is 9.80 Å². The molecule has 6 heteroatoms. The van der Waals surface area contributed by atoms with Gasteiger partial charge in [-0.1, -0.05) is 6.92 Å². The maximum Gasteiger partial charge on any atom is 0.304 e. The van der Waals surface area contributed by atoms with Crippen molar-refractivity contribution < 1.29 is 19.1 Å². The average molecular weight is 282 g/mol. The molecule has 1 N–H and O–H groups in total. The predicted molar refractivity (Wildman–Crippen MR) is 74.1 cm³/mol. The number of carbonyl (C=O) groups excluding carboxylic acids is 1. The summed E-state index contributed by atoms with van der Waals surface area (Å²) in [6, 6.07) is 3.42. The second-order valence-electron chi connectivity index (χ2n) is 4.84. The molecule has 1 amide bonds.